The van der Waals surface area contributed by atoms with Crippen LogP contribution in [0.1, 0.15) is 41.9 Å². The molecule has 2 aromatic carbocycles. The minimum atomic E-state index is -3.37. The van der Waals surface area contributed by atoms with Crippen LogP contribution in [0.5, 0.6) is 0 Å². The molecule has 0 aliphatic rings. The molecule has 0 aliphatic carbocycles. The number of carbonyl (C=O) groups excluding carboxylic acids is 1. The number of pyridine rings is 1. The molecule has 0 spiro atoms. The number of sulfone groups is 1. The number of benzene rings is 2. The Kier molecular flexibility index (Phi) is 7.89. The van der Waals surface area contributed by atoms with E-state index in [1.54, 1.807) is 12.1 Å². The number of rotatable bonds is 8. The van der Waals surface area contributed by atoms with Crippen LogP contribution in [-0.4, -0.2) is 25.6 Å². The molecule has 1 aromatic heterocycles. The molecule has 34 heavy (non-hydrogen) atoms. The fourth-order valence-corrected chi connectivity index (χ4v) is 4.74. The average molecular weight is 480 g/mol. The second kappa shape index (κ2) is 10.5. The number of hydrogen-bond acceptors (Lipinski definition) is 5. The fraction of sp³-hybridized carbons (Fsp3) is 0.333. The van der Waals surface area contributed by atoms with Crippen LogP contribution in [-0.2, 0) is 34.0 Å². The maximum atomic E-state index is 13.1. The van der Waals surface area contributed by atoms with Gasteiger partial charge in [-0.15, -0.1) is 0 Å². The van der Waals surface area contributed by atoms with Gasteiger partial charge in [0.05, 0.1) is 11.3 Å². The summed E-state index contributed by atoms with van der Waals surface area (Å²) >= 11 is 0. The van der Waals surface area contributed by atoms with E-state index < -0.39 is 9.84 Å². The summed E-state index contributed by atoms with van der Waals surface area (Å²) in [5, 5.41) is 2.84. The van der Waals surface area contributed by atoms with Crippen molar-refractivity contribution in [2.75, 3.05) is 11.6 Å². The summed E-state index contributed by atoms with van der Waals surface area (Å²) in [5.41, 5.74) is 13.3. The lowest BCUT2D eigenvalue weighted by Gasteiger charge is -2.21. The zero-order chi connectivity index (χ0) is 25.0. The van der Waals surface area contributed by atoms with E-state index >= 15 is 0 Å². The summed E-state index contributed by atoms with van der Waals surface area (Å²) in [6, 6.07) is 14.5. The average Bonchev–Trinajstić information content (AvgIpc) is 2.75. The Hall–Kier alpha value is -3.03. The number of aromatic nitrogens is 1. The normalized spacial score (nSPS) is 11.6. The Labute approximate surface area is 202 Å². The van der Waals surface area contributed by atoms with Crippen molar-refractivity contribution < 1.29 is 13.2 Å². The van der Waals surface area contributed by atoms with Crippen molar-refractivity contribution in [1.29, 1.82) is 0 Å². The van der Waals surface area contributed by atoms with Gasteiger partial charge in [-0.3, -0.25) is 9.78 Å². The minimum absolute atomic E-state index is 0.0973. The minimum Gasteiger partial charge on any atom is -0.326 e. The van der Waals surface area contributed by atoms with Crippen LogP contribution in [0.15, 0.2) is 53.4 Å². The highest BCUT2D eigenvalue weighted by Crippen LogP contribution is 2.33. The summed E-state index contributed by atoms with van der Waals surface area (Å²) in [6.07, 6.45) is 2.04. The Morgan fingerprint density at radius 3 is 2.32 bits per heavy atom. The van der Waals surface area contributed by atoms with Gasteiger partial charge in [0.2, 0.25) is 5.91 Å². The molecule has 0 fully saturated rings. The Balaban J connectivity index is 2.05. The predicted octanol–water partition coefficient (Wildman–Crippen LogP) is 4.61. The maximum Gasteiger partial charge on any atom is 0.228 e. The highest BCUT2D eigenvalue weighted by molar-refractivity contribution is 7.90. The quantitative estimate of drug-likeness (QED) is 0.491. The van der Waals surface area contributed by atoms with E-state index in [0.717, 1.165) is 51.9 Å². The molecule has 0 unspecified atom stereocenters. The lowest BCUT2D eigenvalue weighted by molar-refractivity contribution is -0.115. The summed E-state index contributed by atoms with van der Waals surface area (Å²) in [4.78, 5) is 18.1. The molecule has 1 heterocycles. The van der Waals surface area contributed by atoms with Crippen LogP contribution in [0.2, 0.25) is 0 Å². The van der Waals surface area contributed by atoms with Gasteiger partial charge in [-0.25, -0.2) is 8.42 Å². The largest absolute Gasteiger partial charge is 0.326 e. The monoisotopic (exact) mass is 479 g/mol. The molecule has 180 valence electrons. The Morgan fingerprint density at radius 1 is 1.06 bits per heavy atom. The van der Waals surface area contributed by atoms with E-state index in [-0.39, 0.29) is 17.2 Å². The lowest BCUT2D eigenvalue weighted by atomic mass is 9.88. The number of hydrogen-bond donors (Lipinski definition) is 2. The predicted molar refractivity (Wildman–Crippen MR) is 137 cm³/mol. The molecule has 3 rings (SSSR count). The number of nitrogens with zero attached hydrogens (tertiary/aromatic N) is 1. The van der Waals surface area contributed by atoms with E-state index in [9.17, 15) is 13.2 Å². The fourth-order valence-electron chi connectivity index (χ4n) is 4.08. The molecule has 0 bridgehead atoms. The summed E-state index contributed by atoms with van der Waals surface area (Å²) in [7, 11) is -3.37. The van der Waals surface area contributed by atoms with Gasteiger partial charge in [0.15, 0.2) is 9.84 Å². The lowest BCUT2D eigenvalue weighted by Crippen LogP contribution is -2.19. The molecular weight excluding hydrogens is 446 g/mol. The van der Waals surface area contributed by atoms with Crippen molar-refractivity contribution in [3.63, 3.8) is 0 Å². The molecule has 0 atom stereocenters. The third-order valence-electron chi connectivity index (χ3n) is 5.72. The Bertz CT molecular complexity index is 1300. The standard InChI is InChI=1S/C27H33N3O3S/c1-17(2)13-25-24(16-28)27(20-11-9-18(3)10-12-20)23(19(4)29-25)15-26(31)30-21-7-6-8-22(14-21)34(5,32)33/h6-12,14,17H,13,15-16,28H2,1-5H3,(H,30,31). The number of nitrogens with one attached hydrogen (secondary N) is 1. The van der Waals surface area contributed by atoms with Gasteiger partial charge in [-0.2, -0.15) is 0 Å². The number of aryl methyl sites for hydroxylation is 2. The van der Waals surface area contributed by atoms with Crippen LogP contribution in [0.3, 0.4) is 0 Å². The van der Waals surface area contributed by atoms with Crippen LogP contribution in [0, 0.1) is 19.8 Å². The highest BCUT2D eigenvalue weighted by atomic mass is 32.2. The first-order chi connectivity index (χ1) is 16.0. The van der Waals surface area contributed by atoms with Crippen LogP contribution in [0.4, 0.5) is 5.69 Å². The number of carbonyl (C=O) groups is 1. The van der Waals surface area contributed by atoms with Gasteiger partial charge in [-0.1, -0.05) is 49.7 Å². The van der Waals surface area contributed by atoms with E-state index in [1.807, 2.05) is 26.0 Å². The number of amides is 1. The van der Waals surface area contributed by atoms with Crippen molar-refractivity contribution in [3.05, 3.63) is 76.6 Å². The smallest absolute Gasteiger partial charge is 0.228 e. The number of anilines is 1. The first-order valence-electron chi connectivity index (χ1n) is 11.4. The van der Waals surface area contributed by atoms with E-state index in [1.165, 1.54) is 12.1 Å². The van der Waals surface area contributed by atoms with E-state index in [2.05, 4.69) is 31.3 Å². The van der Waals surface area contributed by atoms with Crippen LogP contribution < -0.4 is 11.1 Å². The second-order valence-electron chi connectivity index (χ2n) is 9.17. The van der Waals surface area contributed by atoms with Gasteiger partial charge in [0.1, 0.15) is 0 Å². The van der Waals surface area contributed by atoms with E-state index in [0.29, 0.717) is 18.2 Å². The van der Waals surface area contributed by atoms with Crippen LogP contribution >= 0.6 is 0 Å². The van der Waals surface area contributed by atoms with Gasteiger partial charge in [0.25, 0.3) is 0 Å². The molecule has 0 saturated carbocycles. The van der Waals surface area contributed by atoms with Crippen molar-refractivity contribution in [2.45, 2.75) is 52.0 Å². The summed E-state index contributed by atoms with van der Waals surface area (Å²) < 4.78 is 23.8. The molecule has 0 aliphatic heterocycles. The highest BCUT2D eigenvalue weighted by Gasteiger charge is 2.21. The topological polar surface area (TPSA) is 102 Å². The molecular formula is C27H33N3O3S. The third kappa shape index (κ3) is 6.10. The molecule has 6 nitrogen and oxygen atoms in total. The third-order valence-corrected chi connectivity index (χ3v) is 6.83. The molecule has 3 N–H and O–H groups in total. The van der Waals surface area contributed by atoms with E-state index in [4.69, 9.17) is 10.7 Å². The molecule has 0 radical (unpaired) electrons. The number of nitrogens with two attached hydrogens (primary N) is 1. The van der Waals surface area contributed by atoms with Crippen molar-refractivity contribution in [1.82, 2.24) is 4.98 Å². The summed E-state index contributed by atoms with van der Waals surface area (Å²) in [5.74, 6) is 0.169. The molecule has 7 heteroatoms. The molecule has 3 aromatic rings. The first kappa shape index (κ1) is 25.6. The maximum absolute atomic E-state index is 13.1. The van der Waals surface area contributed by atoms with Crippen molar-refractivity contribution in [2.24, 2.45) is 11.7 Å². The van der Waals surface area contributed by atoms with Crippen LogP contribution in [0.25, 0.3) is 11.1 Å². The van der Waals surface area contributed by atoms with Gasteiger partial charge >= 0.3 is 0 Å². The SMILES string of the molecule is Cc1ccc(-c2c(CC(=O)Nc3cccc(S(C)(=O)=O)c3)c(C)nc(CC(C)C)c2CN)cc1. The Morgan fingerprint density at radius 2 is 1.74 bits per heavy atom. The van der Waals surface area contributed by atoms with Gasteiger partial charge in [-0.05, 0) is 66.6 Å². The summed E-state index contributed by atoms with van der Waals surface area (Å²) in [6.45, 7) is 8.58. The first-order valence-corrected chi connectivity index (χ1v) is 13.3. The van der Waals surface area contributed by atoms with Crippen molar-refractivity contribution >= 4 is 21.4 Å². The zero-order valence-corrected chi connectivity index (χ0v) is 21.3. The second-order valence-corrected chi connectivity index (χ2v) is 11.2. The van der Waals surface area contributed by atoms with Gasteiger partial charge < -0.3 is 11.1 Å². The zero-order valence-electron chi connectivity index (χ0n) is 20.5. The van der Waals surface area contributed by atoms with Gasteiger partial charge in [0, 0.05) is 29.9 Å². The van der Waals surface area contributed by atoms with Crippen molar-refractivity contribution in [3.8, 4) is 11.1 Å². The molecule has 0 saturated heterocycles. The molecule has 1 amide bonds.